The maximum Gasteiger partial charge on any atom is 0.338 e. The van der Waals surface area contributed by atoms with Crippen molar-refractivity contribution < 1.29 is 14.3 Å². The lowest BCUT2D eigenvalue weighted by atomic mass is 9.96. The van der Waals surface area contributed by atoms with E-state index in [1.165, 1.54) is 24.8 Å². The summed E-state index contributed by atoms with van der Waals surface area (Å²) in [5.41, 5.74) is 6.11. The summed E-state index contributed by atoms with van der Waals surface area (Å²) in [5, 5.41) is 6.46. The van der Waals surface area contributed by atoms with Crippen LogP contribution in [0.2, 0.25) is 0 Å². The number of ether oxygens (including phenoxy) is 1. The molecule has 2 heterocycles. The minimum Gasteiger partial charge on any atom is -0.462 e. The molecule has 2 unspecified atom stereocenters. The molecule has 1 saturated heterocycles. The van der Waals surface area contributed by atoms with Gasteiger partial charge in [-0.1, -0.05) is 55.0 Å². The Morgan fingerprint density at radius 1 is 0.974 bits per heavy atom. The molecule has 38 heavy (non-hydrogen) atoms. The van der Waals surface area contributed by atoms with Gasteiger partial charge in [-0.25, -0.2) is 4.79 Å². The van der Waals surface area contributed by atoms with Gasteiger partial charge in [-0.3, -0.25) is 9.69 Å². The van der Waals surface area contributed by atoms with E-state index in [1.807, 2.05) is 36.4 Å². The fourth-order valence-electron chi connectivity index (χ4n) is 5.48. The summed E-state index contributed by atoms with van der Waals surface area (Å²) in [6, 6.07) is 24.7. The first kappa shape index (κ1) is 25.7. The number of carbonyl (C=O) groups is 2. The Labute approximate surface area is 224 Å². The van der Waals surface area contributed by atoms with Gasteiger partial charge in [-0.2, -0.15) is 0 Å². The Morgan fingerprint density at radius 2 is 1.68 bits per heavy atom. The van der Waals surface area contributed by atoms with Crippen LogP contribution in [0.1, 0.15) is 67.1 Å². The molecule has 0 aliphatic carbocycles. The molecule has 0 saturated carbocycles. The van der Waals surface area contributed by atoms with Crippen molar-refractivity contribution in [1.82, 2.24) is 4.90 Å². The van der Waals surface area contributed by atoms with Crippen LogP contribution in [0.4, 0.5) is 11.4 Å². The molecule has 0 aromatic heterocycles. The maximum atomic E-state index is 13.2. The molecule has 2 atom stereocenters. The average Bonchev–Trinajstić information content (AvgIpc) is 3.25. The van der Waals surface area contributed by atoms with E-state index >= 15 is 0 Å². The highest BCUT2D eigenvalue weighted by molar-refractivity contribution is 6.37. The molecule has 196 valence electrons. The number of amides is 1. The van der Waals surface area contributed by atoms with Crippen molar-refractivity contribution in [3.8, 4) is 0 Å². The molecule has 3 aromatic rings. The quantitative estimate of drug-likeness (QED) is 0.279. The summed E-state index contributed by atoms with van der Waals surface area (Å²) in [4.78, 5) is 28.1. The number of hydrogen-bond acceptors (Lipinski definition) is 5. The van der Waals surface area contributed by atoms with Crippen LogP contribution in [0, 0.1) is 0 Å². The summed E-state index contributed by atoms with van der Waals surface area (Å²) >= 11 is 0. The average molecular weight is 510 g/mol. The molecule has 0 radical (unpaired) electrons. The Kier molecular flexibility index (Phi) is 7.61. The van der Waals surface area contributed by atoms with Gasteiger partial charge in [-0.05, 0) is 69.0 Å². The monoisotopic (exact) mass is 509 g/mol. The van der Waals surface area contributed by atoms with E-state index in [2.05, 4.69) is 53.6 Å². The number of benzene rings is 3. The predicted molar refractivity (Wildman–Crippen MR) is 153 cm³/mol. The van der Waals surface area contributed by atoms with Crippen molar-refractivity contribution in [2.75, 3.05) is 17.2 Å². The van der Waals surface area contributed by atoms with Crippen LogP contribution >= 0.6 is 0 Å². The number of nitrogens with zero attached hydrogens (tertiary/aromatic N) is 1. The number of rotatable bonds is 7. The number of piperidine rings is 1. The van der Waals surface area contributed by atoms with Crippen LogP contribution in [0.3, 0.4) is 0 Å². The third-order valence-electron chi connectivity index (χ3n) is 7.55. The molecule has 2 N–H and O–H groups in total. The second kappa shape index (κ2) is 11.2. The normalized spacial score (nSPS) is 20.4. The molecular weight excluding hydrogens is 474 g/mol. The van der Waals surface area contributed by atoms with Crippen molar-refractivity contribution in [2.45, 2.75) is 58.7 Å². The van der Waals surface area contributed by atoms with Crippen LogP contribution in [0.5, 0.6) is 0 Å². The molecule has 0 spiro atoms. The van der Waals surface area contributed by atoms with Crippen molar-refractivity contribution in [3.05, 3.63) is 95.1 Å². The highest BCUT2D eigenvalue weighted by Gasteiger charge is 2.29. The van der Waals surface area contributed by atoms with Gasteiger partial charge in [0.25, 0.3) is 5.91 Å². The van der Waals surface area contributed by atoms with Gasteiger partial charge < -0.3 is 15.4 Å². The number of likely N-dealkylation sites (tertiary alicyclic amines) is 1. The molecule has 5 rings (SSSR count). The summed E-state index contributed by atoms with van der Waals surface area (Å²) in [6.07, 6.45) is 3.81. The lowest BCUT2D eigenvalue weighted by Crippen LogP contribution is -2.42. The van der Waals surface area contributed by atoms with Crippen LogP contribution in [0.15, 0.2) is 72.8 Å². The summed E-state index contributed by atoms with van der Waals surface area (Å²) in [6.45, 7) is 7.65. The van der Waals surface area contributed by atoms with Crippen LogP contribution in [-0.4, -0.2) is 35.5 Å². The zero-order valence-electron chi connectivity index (χ0n) is 22.3. The number of carbonyl (C=O) groups excluding carboxylic acids is 2. The second-order valence-electron chi connectivity index (χ2n) is 10.2. The SMILES string of the molecule is CCOC(=O)c1ccc2c(c1)NC(=O)/C2=C(\Nc1ccc(CN2C(C)CCCC2C)cc1)c1ccccc1. The topological polar surface area (TPSA) is 70.7 Å². The number of fused-ring (bicyclic) bond motifs is 1. The first-order valence-corrected chi connectivity index (χ1v) is 13.5. The van der Waals surface area contributed by atoms with Gasteiger partial charge in [0, 0.05) is 29.9 Å². The van der Waals surface area contributed by atoms with Crippen molar-refractivity contribution in [1.29, 1.82) is 0 Å². The first-order chi connectivity index (χ1) is 18.4. The van der Waals surface area contributed by atoms with Crippen LogP contribution < -0.4 is 10.6 Å². The molecule has 1 amide bonds. The largest absolute Gasteiger partial charge is 0.462 e. The molecule has 2 aliphatic rings. The van der Waals surface area contributed by atoms with Gasteiger partial charge in [-0.15, -0.1) is 0 Å². The highest BCUT2D eigenvalue weighted by atomic mass is 16.5. The van der Waals surface area contributed by atoms with Gasteiger partial charge in [0.1, 0.15) is 0 Å². The summed E-state index contributed by atoms with van der Waals surface area (Å²) < 4.78 is 5.13. The third-order valence-corrected chi connectivity index (χ3v) is 7.55. The molecule has 1 fully saturated rings. The maximum absolute atomic E-state index is 13.2. The van der Waals surface area contributed by atoms with Gasteiger partial charge in [0.05, 0.1) is 29.1 Å². The van der Waals surface area contributed by atoms with E-state index < -0.39 is 5.97 Å². The van der Waals surface area contributed by atoms with E-state index in [0.717, 1.165) is 29.1 Å². The Bertz CT molecular complexity index is 1340. The molecule has 6 nitrogen and oxygen atoms in total. The number of anilines is 2. The summed E-state index contributed by atoms with van der Waals surface area (Å²) in [7, 11) is 0. The van der Waals surface area contributed by atoms with Gasteiger partial charge in [0.15, 0.2) is 0 Å². The second-order valence-corrected chi connectivity index (χ2v) is 10.2. The molecule has 6 heteroatoms. The van der Waals surface area contributed by atoms with Crippen LogP contribution in [0.25, 0.3) is 11.3 Å². The van der Waals surface area contributed by atoms with E-state index in [4.69, 9.17) is 4.74 Å². The summed E-state index contributed by atoms with van der Waals surface area (Å²) in [5.74, 6) is -0.617. The Balaban J connectivity index is 1.46. The lowest BCUT2D eigenvalue weighted by Gasteiger charge is -2.39. The van der Waals surface area contributed by atoms with E-state index in [-0.39, 0.29) is 5.91 Å². The smallest absolute Gasteiger partial charge is 0.338 e. The minimum absolute atomic E-state index is 0.211. The fourth-order valence-corrected chi connectivity index (χ4v) is 5.48. The number of esters is 1. The minimum atomic E-state index is -0.406. The number of hydrogen-bond donors (Lipinski definition) is 2. The lowest BCUT2D eigenvalue weighted by molar-refractivity contribution is -0.110. The Hall–Kier alpha value is -3.90. The number of nitrogens with one attached hydrogen (secondary N) is 2. The third kappa shape index (κ3) is 5.36. The standard InChI is InChI=1S/C32H35N3O3/c1-4-38-32(37)25-15-18-27-28(19-25)34-31(36)29(27)30(24-11-6-5-7-12-24)33-26-16-13-23(14-17-26)20-35-21(2)9-8-10-22(35)3/h5-7,11-19,21-22,33H,4,8-10,20H2,1-3H3,(H,34,36)/b30-29-. The van der Waals surface area contributed by atoms with Crippen molar-refractivity contribution >= 4 is 34.5 Å². The molecule has 2 aliphatic heterocycles. The zero-order valence-corrected chi connectivity index (χ0v) is 22.3. The molecular formula is C32H35N3O3. The molecule has 3 aromatic carbocycles. The first-order valence-electron chi connectivity index (χ1n) is 13.5. The van der Waals surface area contributed by atoms with E-state index in [0.29, 0.717) is 35.5 Å². The Morgan fingerprint density at radius 3 is 2.37 bits per heavy atom. The van der Waals surface area contributed by atoms with E-state index in [9.17, 15) is 9.59 Å². The highest BCUT2D eigenvalue weighted by Crippen LogP contribution is 2.38. The zero-order chi connectivity index (χ0) is 26.6. The van der Waals surface area contributed by atoms with Gasteiger partial charge >= 0.3 is 5.97 Å². The van der Waals surface area contributed by atoms with Crippen LogP contribution in [-0.2, 0) is 16.1 Å². The van der Waals surface area contributed by atoms with Gasteiger partial charge in [0.2, 0.25) is 0 Å². The van der Waals surface area contributed by atoms with E-state index in [1.54, 1.807) is 19.1 Å². The van der Waals surface area contributed by atoms with Crippen molar-refractivity contribution in [3.63, 3.8) is 0 Å². The fraction of sp³-hybridized carbons (Fsp3) is 0.312. The predicted octanol–water partition coefficient (Wildman–Crippen LogP) is 6.56. The van der Waals surface area contributed by atoms with Crippen molar-refractivity contribution in [2.24, 2.45) is 0 Å². The molecule has 0 bridgehead atoms.